The van der Waals surface area contributed by atoms with Crippen LogP contribution in [-0.2, 0) is 6.42 Å². The van der Waals surface area contributed by atoms with Gasteiger partial charge in [-0.1, -0.05) is 6.07 Å². The smallest absolute Gasteiger partial charge is 0.253 e. The van der Waals surface area contributed by atoms with Crippen molar-refractivity contribution in [3.05, 3.63) is 52.8 Å². The predicted octanol–water partition coefficient (Wildman–Crippen LogP) is 2.71. The Kier molecular flexibility index (Phi) is 3.22. The normalized spacial score (nSPS) is 17.6. The van der Waals surface area contributed by atoms with Crippen molar-refractivity contribution in [3.63, 3.8) is 0 Å². The van der Waals surface area contributed by atoms with Crippen LogP contribution in [0.15, 0.2) is 30.5 Å². The number of aromatic nitrogens is 1. The lowest BCUT2D eigenvalue weighted by molar-refractivity contribution is 0.0932. The lowest BCUT2D eigenvalue weighted by Crippen LogP contribution is -2.31. The van der Waals surface area contributed by atoms with E-state index >= 15 is 0 Å². The maximum Gasteiger partial charge on any atom is 0.253 e. The summed E-state index contributed by atoms with van der Waals surface area (Å²) in [6.45, 7) is 1.91. The predicted molar refractivity (Wildman–Crippen MR) is 79.5 cm³/mol. The molecule has 20 heavy (non-hydrogen) atoms. The molecule has 0 spiro atoms. The number of amides is 1. The number of aromatic amines is 1. The molecule has 3 rings (SSSR count). The van der Waals surface area contributed by atoms with Crippen LogP contribution in [0.25, 0.3) is 0 Å². The quantitative estimate of drug-likeness (QED) is 0.734. The van der Waals surface area contributed by atoms with Crippen LogP contribution in [0.3, 0.4) is 0 Å². The minimum absolute atomic E-state index is 0.0153. The Morgan fingerprint density at radius 2 is 2.25 bits per heavy atom. The summed E-state index contributed by atoms with van der Waals surface area (Å²) in [5.41, 5.74) is 10.7. The third-order valence-corrected chi connectivity index (χ3v) is 3.99. The number of aryl methyl sites for hydroxylation is 2. The Balaban J connectivity index is 1.83. The molecule has 1 unspecified atom stereocenters. The molecule has 1 aromatic heterocycles. The van der Waals surface area contributed by atoms with Crippen molar-refractivity contribution in [3.8, 4) is 0 Å². The standard InChI is InChI=1S/C16H19N3O/c1-10-13(7-8-18-10)16(20)19-15-4-2-3-11-9-12(17)5-6-14(11)15/h5-9,15,18H,2-4,17H2,1H3,(H,19,20). The maximum absolute atomic E-state index is 12.3. The average Bonchev–Trinajstić information content (AvgIpc) is 2.85. The molecule has 1 aliphatic carbocycles. The molecule has 4 nitrogen and oxygen atoms in total. The third-order valence-electron chi connectivity index (χ3n) is 3.99. The van der Waals surface area contributed by atoms with Crippen molar-refractivity contribution in [1.29, 1.82) is 0 Å². The zero-order valence-corrected chi connectivity index (χ0v) is 11.6. The Bertz CT molecular complexity index is 645. The van der Waals surface area contributed by atoms with Gasteiger partial charge in [0.1, 0.15) is 0 Å². The Morgan fingerprint density at radius 1 is 1.40 bits per heavy atom. The molecular weight excluding hydrogens is 250 g/mol. The minimum Gasteiger partial charge on any atom is -0.399 e. The fourth-order valence-electron chi connectivity index (χ4n) is 2.92. The van der Waals surface area contributed by atoms with Gasteiger partial charge in [-0.15, -0.1) is 0 Å². The molecule has 1 atom stereocenters. The fraction of sp³-hybridized carbons (Fsp3) is 0.312. The van der Waals surface area contributed by atoms with E-state index in [2.05, 4.69) is 10.3 Å². The zero-order valence-electron chi connectivity index (χ0n) is 11.6. The number of nitrogens with two attached hydrogens (primary N) is 1. The number of hydrogen-bond donors (Lipinski definition) is 3. The molecule has 0 radical (unpaired) electrons. The molecule has 0 saturated carbocycles. The van der Waals surface area contributed by atoms with Gasteiger partial charge in [0.05, 0.1) is 11.6 Å². The molecule has 1 heterocycles. The summed E-state index contributed by atoms with van der Waals surface area (Å²) in [6, 6.07) is 7.87. The molecule has 1 aliphatic rings. The molecule has 1 amide bonds. The number of benzene rings is 1. The van der Waals surface area contributed by atoms with E-state index in [1.54, 1.807) is 6.20 Å². The molecule has 2 aromatic rings. The van der Waals surface area contributed by atoms with E-state index in [4.69, 9.17) is 5.73 Å². The van der Waals surface area contributed by atoms with Gasteiger partial charge in [-0.25, -0.2) is 0 Å². The topological polar surface area (TPSA) is 70.9 Å². The summed E-state index contributed by atoms with van der Waals surface area (Å²) < 4.78 is 0. The van der Waals surface area contributed by atoms with Gasteiger partial charge in [0.25, 0.3) is 5.91 Å². The highest BCUT2D eigenvalue weighted by Gasteiger charge is 2.23. The summed E-state index contributed by atoms with van der Waals surface area (Å²) in [4.78, 5) is 15.4. The number of carbonyl (C=O) groups is 1. The monoisotopic (exact) mass is 269 g/mol. The summed E-state index contributed by atoms with van der Waals surface area (Å²) in [6.07, 6.45) is 4.88. The Labute approximate surface area is 118 Å². The molecule has 0 aliphatic heterocycles. The maximum atomic E-state index is 12.3. The number of H-pyrrole nitrogens is 1. The lowest BCUT2D eigenvalue weighted by atomic mass is 9.87. The van der Waals surface area contributed by atoms with Crippen LogP contribution in [0.4, 0.5) is 5.69 Å². The van der Waals surface area contributed by atoms with Gasteiger partial charge in [0, 0.05) is 17.6 Å². The summed E-state index contributed by atoms with van der Waals surface area (Å²) in [5, 5.41) is 3.14. The first-order valence-corrected chi connectivity index (χ1v) is 6.98. The molecule has 0 saturated heterocycles. The van der Waals surface area contributed by atoms with Crippen molar-refractivity contribution in [2.45, 2.75) is 32.2 Å². The highest BCUT2D eigenvalue weighted by atomic mass is 16.1. The molecule has 104 valence electrons. The van der Waals surface area contributed by atoms with Crippen LogP contribution < -0.4 is 11.1 Å². The van der Waals surface area contributed by atoms with E-state index in [1.807, 2.05) is 31.2 Å². The number of nitrogen functional groups attached to an aromatic ring is 1. The molecule has 4 N–H and O–H groups in total. The first-order chi connectivity index (χ1) is 9.65. The summed E-state index contributed by atoms with van der Waals surface area (Å²) in [7, 11) is 0. The zero-order chi connectivity index (χ0) is 14.1. The van der Waals surface area contributed by atoms with Crippen molar-refractivity contribution in [1.82, 2.24) is 10.3 Å². The number of nitrogens with one attached hydrogen (secondary N) is 2. The third kappa shape index (κ3) is 2.29. The van der Waals surface area contributed by atoms with Gasteiger partial charge in [0.15, 0.2) is 0 Å². The Hall–Kier alpha value is -2.23. The number of carbonyl (C=O) groups excluding carboxylic acids is 1. The summed E-state index contributed by atoms with van der Waals surface area (Å²) >= 11 is 0. The second-order valence-corrected chi connectivity index (χ2v) is 5.39. The van der Waals surface area contributed by atoms with Crippen molar-refractivity contribution >= 4 is 11.6 Å². The van der Waals surface area contributed by atoms with Crippen LogP contribution in [0.1, 0.15) is 46.1 Å². The number of anilines is 1. The molecule has 4 heteroatoms. The average molecular weight is 269 g/mol. The summed E-state index contributed by atoms with van der Waals surface area (Å²) in [5.74, 6) is -0.0153. The number of fused-ring (bicyclic) bond motifs is 1. The van der Waals surface area contributed by atoms with Gasteiger partial charge in [-0.05, 0) is 55.5 Å². The minimum atomic E-state index is -0.0153. The van der Waals surface area contributed by atoms with E-state index < -0.39 is 0 Å². The van der Waals surface area contributed by atoms with Crippen molar-refractivity contribution in [2.75, 3.05) is 5.73 Å². The van der Waals surface area contributed by atoms with Crippen LogP contribution in [0.2, 0.25) is 0 Å². The molecule has 0 bridgehead atoms. The first-order valence-electron chi connectivity index (χ1n) is 6.98. The second kappa shape index (κ2) is 5.04. The van der Waals surface area contributed by atoms with Gasteiger partial charge in [-0.3, -0.25) is 4.79 Å². The fourth-order valence-corrected chi connectivity index (χ4v) is 2.92. The Morgan fingerprint density at radius 3 is 3.00 bits per heavy atom. The highest BCUT2D eigenvalue weighted by Crippen LogP contribution is 2.31. The van der Waals surface area contributed by atoms with E-state index in [0.717, 1.165) is 30.6 Å². The second-order valence-electron chi connectivity index (χ2n) is 5.39. The van der Waals surface area contributed by atoms with Crippen LogP contribution in [0.5, 0.6) is 0 Å². The van der Waals surface area contributed by atoms with E-state index in [9.17, 15) is 4.79 Å². The van der Waals surface area contributed by atoms with Crippen LogP contribution in [-0.4, -0.2) is 10.9 Å². The van der Waals surface area contributed by atoms with Crippen LogP contribution in [0, 0.1) is 6.92 Å². The van der Waals surface area contributed by atoms with E-state index in [-0.39, 0.29) is 11.9 Å². The number of rotatable bonds is 2. The molecule has 1 aromatic carbocycles. The van der Waals surface area contributed by atoms with E-state index in [0.29, 0.717) is 5.56 Å². The first kappa shape index (κ1) is 12.8. The van der Waals surface area contributed by atoms with Crippen molar-refractivity contribution < 1.29 is 4.79 Å². The highest BCUT2D eigenvalue weighted by molar-refractivity contribution is 5.95. The van der Waals surface area contributed by atoms with Gasteiger partial charge < -0.3 is 16.0 Å². The van der Waals surface area contributed by atoms with Gasteiger partial charge >= 0.3 is 0 Å². The SMILES string of the molecule is Cc1[nH]ccc1C(=O)NC1CCCc2cc(N)ccc21. The van der Waals surface area contributed by atoms with Gasteiger partial charge in [0.2, 0.25) is 0 Å². The lowest BCUT2D eigenvalue weighted by Gasteiger charge is -2.26. The van der Waals surface area contributed by atoms with Crippen LogP contribution >= 0.6 is 0 Å². The van der Waals surface area contributed by atoms with Crippen molar-refractivity contribution in [2.24, 2.45) is 0 Å². The largest absolute Gasteiger partial charge is 0.399 e. The molecular formula is C16H19N3O. The molecule has 0 fully saturated rings. The van der Waals surface area contributed by atoms with E-state index in [1.165, 1.54) is 11.1 Å². The van der Waals surface area contributed by atoms with Gasteiger partial charge in [-0.2, -0.15) is 0 Å². The number of hydrogen-bond acceptors (Lipinski definition) is 2.